The molecular weight excluding hydrogens is 336 g/mol. The Balaban J connectivity index is 1.55. The zero-order chi connectivity index (χ0) is 18.8. The average Bonchev–Trinajstić information content (AvgIpc) is 2.73. The number of anilines is 1. The van der Waals surface area contributed by atoms with E-state index in [-0.39, 0.29) is 0 Å². The van der Waals surface area contributed by atoms with E-state index in [1.54, 1.807) is 7.11 Å². The van der Waals surface area contributed by atoms with Crippen molar-refractivity contribution in [2.24, 2.45) is 0 Å². The van der Waals surface area contributed by atoms with E-state index < -0.39 is 0 Å². The molecule has 4 rings (SSSR count). The van der Waals surface area contributed by atoms with E-state index in [2.05, 4.69) is 52.9 Å². The van der Waals surface area contributed by atoms with Crippen molar-refractivity contribution in [2.45, 2.75) is 19.9 Å². The van der Waals surface area contributed by atoms with Crippen LogP contribution in [0.4, 0.5) is 5.69 Å². The summed E-state index contributed by atoms with van der Waals surface area (Å²) in [6.07, 6.45) is 1.86. The van der Waals surface area contributed by atoms with Crippen LogP contribution in [0.5, 0.6) is 5.75 Å². The van der Waals surface area contributed by atoms with E-state index in [1.807, 2.05) is 24.4 Å². The second-order valence-corrected chi connectivity index (χ2v) is 7.26. The molecule has 0 amide bonds. The van der Waals surface area contributed by atoms with Crippen LogP contribution in [-0.2, 0) is 0 Å². The van der Waals surface area contributed by atoms with Crippen molar-refractivity contribution in [1.82, 2.24) is 14.9 Å². The van der Waals surface area contributed by atoms with Gasteiger partial charge in [-0.3, -0.25) is 4.90 Å². The number of aromatic nitrogens is 2. The third kappa shape index (κ3) is 3.60. The molecule has 1 aromatic heterocycles. The standard InChI is InChI=1S/C22H26N4O/c1-16(2)25-11-13-26(14-12-25)19-9-7-17(8-10-19)22-23-15-18-5-4-6-20(27-3)21(18)24-22/h4-10,15-16H,11-14H2,1-3H3. The number of piperazine rings is 1. The minimum absolute atomic E-state index is 0.622. The number of methoxy groups -OCH3 is 1. The number of para-hydroxylation sites is 1. The molecule has 1 fully saturated rings. The number of hydrogen-bond acceptors (Lipinski definition) is 5. The van der Waals surface area contributed by atoms with Crippen LogP contribution in [0.2, 0.25) is 0 Å². The monoisotopic (exact) mass is 362 g/mol. The highest BCUT2D eigenvalue weighted by Gasteiger charge is 2.19. The molecule has 0 unspecified atom stereocenters. The van der Waals surface area contributed by atoms with Gasteiger partial charge in [-0.1, -0.05) is 12.1 Å². The van der Waals surface area contributed by atoms with E-state index in [4.69, 9.17) is 9.72 Å². The molecule has 0 aliphatic carbocycles. The third-order valence-electron chi connectivity index (χ3n) is 5.33. The molecule has 0 N–H and O–H groups in total. The lowest BCUT2D eigenvalue weighted by Gasteiger charge is -2.38. The number of benzene rings is 2. The summed E-state index contributed by atoms with van der Waals surface area (Å²) in [6, 6.07) is 15.1. The van der Waals surface area contributed by atoms with Gasteiger partial charge >= 0.3 is 0 Å². The van der Waals surface area contributed by atoms with E-state index in [1.165, 1.54) is 5.69 Å². The van der Waals surface area contributed by atoms with Gasteiger partial charge in [-0.05, 0) is 44.2 Å². The molecule has 0 bridgehead atoms. The first kappa shape index (κ1) is 17.7. The number of nitrogens with zero attached hydrogens (tertiary/aromatic N) is 4. The molecule has 5 nitrogen and oxygen atoms in total. The molecule has 0 atom stereocenters. The van der Waals surface area contributed by atoms with E-state index in [0.717, 1.165) is 54.2 Å². The molecule has 27 heavy (non-hydrogen) atoms. The largest absolute Gasteiger partial charge is 0.494 e. The zero-order valence-electron chi connectivity index (χ0n) is 16.2. The van der Waals surface area contributed by atoms with Crippen molar-refractivity contribution in [3.8, 4) is 17.1 Å². The van der Waals surface area contributed by atoms with Crippen molar-refractivity contribution in [2.75, 3.05) is 38.2 Å². The summed E-state index contributed by atoms with van der Waals surface area (Å²) in [5.41, 5.74) is 3.13. The van der Waals surface area contributed by atoms with Crippen LogP contribution in [0.25, 0.3) is 22.3 Å². The van der Waals surface area contributed by atoms with Gasteiger partial charge in [0.25, 0.3) is 0 Å². The molecule has 0 saturated carbocycles. The maximum absolute atomic E-state index is 5.44. The molecule has 5 heteroatoms. The van der Waals surface area contributed by atoms with Gasteiger partial charge in [0.15, 0.2) is 5.82 Å². The average molecular weight is 362 g/mol. The van der Waals surface area contributed by atoms with Crippen molar-refractivity contribution >= 4 is 16.6 Å². The molecule has 0 spiro atoms. The van der Waals surface area contributed by atoms with Crippen molar-refractivity contribution in [1.29, 1.82) is 0 Å². The van der Waals surface area contributed by atoms with Crippen LogP contribution < -0.4 is 9.64 Å². The summed E-state index contributed by atoms with van der Waals surface area (Å²) in [5, 5.41) is 0.984. The number of fused-ring (bicyclic) bond motifs is 1. The SMILES string of the molecule is COc1cccc2cnc(-c3ccc(N4CCN(C(C)C)CC4)cc3)nc12. The van der Waals surface area contributed by atoms with E-state index >= 15 is 0 Å². The highest BCUT2D eigenvalue weighted by Crippen LogP contribution is 2.27. The molecule has 2 heterocycles. The minimum Gasteiger partial charge on any atom is -0.494 e. The maximum atomic E-state index is 5.44. The predicted octanol–water partition coefficient (Wildman–Crippen LogP) is 3.84. The molecule has 1 aliphatic heterocycles. The predicted molar refractivity (Wildman–Crippen MR) is 110 cm³/mol. The molecule has 1 aliphatic rings. The van der Waals surface area contributed by atoms with E-state index in [9.17, 15) is 0 Å². The molecule has 2 aromatic carbocycles. The van der Waals surface area contributed by atoms with Gasteiger partial charge in [-0.15, -0.1) is 0 Å². The Morgan fingerprint density at radius 1 is 0.963 bits per heavy atom. The van der Waals surface area contributed by atoms with Crippen LogP contribution in [0.3, 0.4) is 0 Å². The fraction of sp³-hybridized carbons (Fsp3) is 0.364. The van der Waals surface area contributed by atoms with Gasteiger partial charge in [0.1, 0.15) is 11.3 Å². The van der Waals surface area contributed by atoms with Crippen LogP contribution in [0.1, 0.15) is 13.8 Å². The van der Waals surface area contributed by atoms with Crippen LogP contribution >= 0.6 is 0 Å². The summed E-state index contributed by atoms with van der Waals surface area (Å²) in [7, 11) is 1.67. The fourth-order valence-corrected chi connectivity index (χ4v) is 3.65. The first-order valence-corrected chi connectivity index (χ1v) is 9.55. The Labute approximate surface area is 160 Å². The lowest BCUT2D eigenvalue weighted by Crippen LogP contribution is -2.48. The van der Waals surface area contributed by atoms with Crippen LogP contribution in [0.15, 0.2) is 48.7 Å². The fourth-order valence-electron chi connectivity index (χ4n) is 3.65. The zero-order valence-corrected chi connectivity index (χ0v) is 16.2. The summed E-state index contributed by atoms with van der Waals surface area (Å²) in [6.45, 7) is 8.91. The summed E-state index contributed by atoms with van der Waals surface area (Å²) in [5.74, 6) is 1.50. The van der Waals surface area contributed by atoms with Crippen molar-refractivity contribution in [3.63, 3.8) is 0 Å². The van der Waals surface area contributed by atoms with Gasteiger partial charge in [0.05, 0.1) is 7.11 Å². The maximum Gasteiger partial charge on any atom is 0.159 e. The van der Waals surface area contributed by atoms with Crippen LogP contribution in [-0.4, -0.2) is 54.2 Å². The summed E-state index contributed by atoms with van der Waals surface area (Å²) >= 11 is 0. The van der Waals surface area contributed by atoms with Gasteiger partial charge < -0.3 is 9.64 Å². The van der Waals surface area contributed by atoms with Gasteiger partial charge in [0, 0.05) is 55.1 Å². The Hall–Kier alpha value is -2.66. The highest BCUT2D eigenvalue weighted by atomic mass is 16.5. The van der Waals surface area contributed by atoms with E-state index in [0.29, 0.717) is 6.04 Å². The minimum atomic E-state index is 0.622. The second kappa shape index (κ2) is 7.53. The molecule has 1 saturated heterocycles. The second-order valence-electron chi connectivity index (χ2n) is 7.26. The topological polar surface area (TPSA) is 41.5 Å². The first-order chi connectivity index (χ1) is 13.2. The van der Waals surface area contributed by atoms with Crippen molar-refractivity contribution < 1.29 is 4.74 Å². The number of ether oxygens (including phenoxy) is 1. The molecule has 140 valence electrons. The van der Waals surface area contributed by atoms with Crippen molar-refractivity contribution in [3.05, 3.63) is 48.7 Å². The normalized spacial score (nSPS) is 15.5. The Morgan fingerprint density at radius 2 is 1.70 bits per heavy atom. The Morgan fingerprint density at radius 3 is 2.37 bits per heavy atom. The smallest absolute Gasteiger partial charge is 0.159 e. The van der Waals surface area contributed by atoms with Gasteiger partial charge in [-0.25, -0.2) is 9.97 Å². The highest BCUT2D eigenvalue weighted by molar-refractivity contribution is 5.85. The Kier molecular flexibility index (Phi) is 4.94. The number of hydrogen-bond donors (Lipinski definition) is 0. The quantitative estimate of drug-likeness (QED) is 0.705. The summed E-state index contributed by atoms with van der Waals surface area (Å²) in [4.78, 5) is 14.2. The molecular formula is C22H26N4O. The molecule has 0 radical (unpaired) electrons. The lowest BCUT2D eigenvalue weighted by atomic mass is 10.1. The molecule has 3 aromatic rings. The lowest BCUT2D eigenvalue weighted by molar-refractivity contribution is 0.209. The first-order valence-electron chi connectivity index (χ1n) is 9.55. The third-order valence-corrected chi connectivity index (χ3v) is 5.33. The Bertz CT molecular complexity index is 915. The van der Waals surface area contributed by atoms with Gasteiger partial charge in [-0.2, -0.15) is 0 Å². The van der Waals surface area contributed by atoms with Crippen LogP contribution in [0, 0.1) is 0 Å². The number of rotatable bonds is 4. The van der Waals surface area contributed by atoms with Gasteiger partial charge in [0.2, 0.25) is 0 Å². The summed E-state index contributed by atoms with van der Waals surface area (Å²) < 4.78 is 5.44.